The highest BCUT2D eigenvalue weighted by Gasteiger charge is 2.28. The highest BCUT2D eigenvalue weighted by molar-refractivity contribution is 5.95. The van der Waals surface area contributed by atoms with E-state index in [1.54, 1.807) is 17.0 Å². The summed E-state index contributed by atoms with van der Waals surface area (Å²) in [6, 6.07) is 11.6. The Balaban J connectivity index is 1.58. The average Bonchev–Trinajstić information content (AvgIpc) is 3.12. The second kappa shape index (κ2) is 6.55. The highest BCUT2D eigenvalue weighted by Crippen LogP contribution is 2.27. The van der Waals surface area contributed by atoms with Crippen LogP contribution in [0.15, 0.2) is 48.7 Å². The zero-order valence-electron chi connectivity index (χ0n) is 14.0. The van der Waals surface area contributed by atoms with E-state index in [4.69, 9.17) is 0 Å². The molecule has 8 nitrogen and oxygen atoms in total. The van der Waals surface area contributed by atoms with Gasteiger partial charge in [0.1, 0.15) is 5.82 Å². The Kier molecular flexibility index (Phi) is 4.08. The Morgan fingerprint density at radius 3 is 2.92 bits per heavy atom. The Hall–Kier alpha value is -3.29. The van der Waals surface area contributed by atoms with Crippen LogP contribution < -0.4 is 0 Å². The molecule has 0 bridgehead atoms. The quantitative estimate of drug-likeness (QED) is 0.534. The minimum atomic E-state index is -0.488. The molecule has 2 aromatic heterocycles. The van der Waals surface area contributed by atoms with E-state index >= 15 is 0 Å². The molecule has 3 aromatic rings. The second-order valence-electron chi connectivity index (χ2n) is 6.38. The van der Waals surface area contributed by atoms with Crippen LogP contribution in [0.1, 0.15) is 34.9 Å². The summed E-state index contributed by atoms with van der Waals surface area (Å²) in [6.45, 7) is 1.16. The van der Waals surface area contributed by atoms with E-state index in [-0.39, 0.29) is 17.5 Å². The molecule has 26 heavy (non-hydrogen) atoms. The first-order valence-corrected chi connectivity index (χ1v) is 8.47. The number of carbonyl (C=O) groups is 1. The van der Waals surface area contributed by atoms with E-state index in [1.807, 2.05) is 28.8 Å². The van der Waals surface area contributed by atoms with E-state index in [0.717, 1.165) is 24.3 Å². The highest BCUT2D eigenvalue weighted by atomic mass is 16.6. The fourth-order valence-corrected chi connectivity index (χ4v) is 3.45. The van der Waals surface area contributed by atoms with Crippen molar-refractivity contribution in [2.75, 3.05) is 13.1 Å². The van der Waals surface area contributed by atoms with Gasteiger partial charge < -0.3 is 4.90 Å². The van der Waals surface area contributed by atoms with Gasteiger partial charge in [-0.1, -0.05) is 12.1 Å². The summed E-state index contributed by atoms with van der Waals surface area (Å²) in [4.78, 5) is 25.0. The number of piperidine rings is 1. The molecular weight excluding hydrogens is 334 g/mol. The van der Waals surface area contributed by atoms with Crippen LogP contribution in [-0.4, -0.2) is 43.4 Å². The number of hydrogen-bond donors (Lipinski definition) is 0. The fourth-order valence-electron chi connectivity index (χ4n) is 3.45. The summed E-state index contributed by atoms with van der Waals surface area (Å²) in [6.07, 6.45) is 3.70. The molecule has 0 saturated carbocycles. The number of fused-ring (bicyclic) bond motifs is 1. The molecule has 1 unspecified atom stereocenters. The van der Waals surface area contributed by atoms with Crippen molar-refractivity contribution in [3.63, 3.8) is 0 Å². The topological polar surface area (TPSA) is 93.6 Å². The number of non-ortho nitro benzene ring substituents is 1. The van der Waals surface area contributed by atoms with Crippen LogP contribution in [0.3, 0.4) is 0 Å². The van der Waals surface area contributed by atoms with Crippen LogP contribution in [0, 0.1) is 10.1 Å². The van der Waals surface area contributed by atoms with Crippen LogP contribution in [-0.2, 0) is 0 Å². The third-order valence-electron chi connectivity index (χ3n) is 4.72. The number of aromatic nitrogens is 3. The molecule has 1 amide bonds. The Labute approximate surface area is 149 Å². The molecule has 1 fully saturated rings. The van der Waals surface area contributed by atoms with E-state index in [9.17, 15) is 14.9 Å². The van der Waals surface area contributed by atoms with E-state index in [2.05, 4.69) is 10.2 Å². The van der Waals surface area contributed by atoms with Crippen molar-refractivity contribution in [1.29, 1.82) is 0 Å². The molecule has 0 N–H and O–H groups in total. The van der Waals surface area contributed by atoms with Gasteiger partial charge in [0, 0.05) is 42.9 Å². The van der Waals surface area contributed by atoms with Gasteiger partial charge in [-0.25, -0.2) is 0 Å². The maximum Gasteiger partial charge on any atom is 0.270 e. The first-order chi connectivity index (χ1) is 12.6. The van der Waals surface area contributed by atoms with Crippen molar-refractivity contribution in [3.05, 3.63) is 70.2 Å². The molecule has 3 heterocycles. The summed E-state index contributed by atoms with van der Waals surface area (Å²) in [5.41, 5.74) is 1.04. The van der Waals surface area contributed by atoms with E-state index in [1.165, 1.54) is 12.1 Å². The van der Waals surface area contributed by atoms with Crippen molar-refractivity contribution in [3.8, 4) is 0 Å². The molecule has 1 aliphatic rings. The monoisotopic (exact) mass is 351 g/mol. The van der Waals surface area contributed by atoms with E-state index < -0.39 is 4.92 Å². The summed E-state index contributed by atoms with van der Waals surface area (Å²) < 4.78 is 1.95. The average molecular weight is 351 g/mol. The van der Waals surface area contributed by atoms with Gasteiger partial charge in [-0.15, -0.1) is 10.2 Å². The number of hydrogen-bond acceptors (Lipinski definition) is 5. The van der Waals surface area contributed by atoms with Gasteiger partial charge in [0.05, 0.1) is 4.92 Å². The molecule has 0 spiro atoms. The molecule has 132 valence electrons. The molecule has 1 aliphatic heterocycles. The van der Waals surface area contributed by atoms with Crippen molar-refractivity contribution in [2.24, 2.45) is 0 Å². The number of carbonyl (C=O) groups excluding carboxylic acids is 1. The van der Waals surface area contributed by atoms with Gasteiger partial charge in [-0.3, -0.25) is 19.3 Å². The lowest BCUT2D eigenvalue weighted by molar-refractivity contribution is -0.384. The number of pyridine rings is 1. The first-order valence-electron chi connectivity index (χ1n) is 8.47. The predicted molar refractivity (Wildman–Crippen MR) is 94.0 cm³/mol. The third-order valence-corrected chi connectivity index (χ3v) is 4.72. The van der Waals surface area contributed by atoms with Crippen LogP contribution in [0.25, 0.3) is 5.65 Å². The number of nitro groups is 1. The SMILES string of the molecule is O=C(c1cccc([N+](=O)[O-])c1)N1CCCC(c2nnc3ccccn23)C1. The Morgan fingerprint density at radius 1 is 1.19 bits per heavy atom. The van der Waals surface area contributed by atoms with Crippen molar-refractivity contribution < 1.29 is 9.72 Å². The minimum absolute atomic E-state index is 0.0761. The van der Waals surface area contributed by atoms with Gasteiger partial charge in [0.25, 0.3) is 11.6 Å². The number of amides is 1. The lowest BCUT2D eigenvalue weighted by Gasteiger charge is -2.32. The van der Waals surface area contributed by atoms with Gasteiger partial charge in [0.15, 0.2) is 5.65 Å². The van der Waals surface area contributed by atoms with Crippen LogP contribution in [0.4, 0.5) is 5.69 Å². The summed E-state index contributed by atoms with van der Waals surface area (Å²) in [7, 11) is 0. The van der Waals surface area contributed by atoms with Crippen LogP contribution in [0.5, 0.6) is 0 Å². The maximum absolute atomic E-state index is 12.8. The number of benzene rings is 1. The molecule has 1 atom stereocenters. The third kappa shape index (κ3) is 2.90. The standard InChI is InChI=1S/C18H17N5O3/c24-18(13-5-3-7-15(11-13)23(25)26)21-9-4-6-14(12-21)17-20-19-16-8-1-2-10-22(16)17/h1-3,5,7-8,10-11,14H,4,6,9,12H2. The molecule has 1 saturated heterocycles. The van der Waals surface area contributed by atoms with E-state index in [0.29, 0.717) is 18.7 Å². The summed E-state index contributed by atoms with van der Waals surface area (Å²) in [5.74, 6) is 0.744. The van der Waals surface area contributed by atoms with Crippen molar-refractivity contribution >= 4 is 17.2 Å². The predicted octanol–water partition coefficient (Wildman–Crippen LogP) is 2.66. The lowest BCUT2D eigenvalue weighted by Crippen LogP contribution is -2.39. The van der Waals surface area contributed by atoms with Gasteiger partial charge in [-0.05, 0) is 31.0 Å². The van der Waals surface area contributed by atoms with Gasteiger partial charge >= 0.3 is 0 Å². The zero-order valence-corrected chi connectivity index (χ0v) is 14.0. The van der Waals surface area contributed by atoms with Crippen LogP contribution >= 0.6 is 0 Å². The number of nitrogens with zero attached hydrogens (tertiary/aromatic N) is 5. The summed E-state index contributed by atoms with van der Waals surface area (Å²) in [5, 5.41) is 19.4. The zero-order chi connectivity index (χ0) is 18.1. The maximum atomic E-state index is 12.8. The number of nitro benzene ring substituents is 1. The smallest absolute Gasteiger partial charge is 0.270 e. The fraction of sp³-hybridized carbons (Fsp3) is 0.278. The molecule has 0 radical (unpaired) electrons. The van der Waals surface area contributed by atoms with Crippen molar-refractivity contribution in [2.45, 2.75) is 18.8 Å². The minimum Gasteiger partial charge on any atom is -0.338 e. The molecule has 1 aromatic carbocycles. The number of likely N-dealkylation sites (tertiary alicyclic amines) is 1. The van der Waals surface area contributed by atoms with Gasteiger partial charge in [0.2, 0.25) is 0 Å². The molecule has 4 rings (SSSR count). The lowest BCUT2D eigenvalue weighted by atomic mass is 9.96. The normalized spacial score (nSPS) is 17.4. The van der Waals surface area contributed by atoms with Crippen molar-refractivity contribution in [1.82, 2.24) is 19.5 Å². The van der Waals surface area contributed by atoms with Gasteiger partial charge in [-0.2, -0.15) is 0 Å². The second-order valence-corrected chi connectivity index (χ2v) is 6.38. The molecular formula is C18H17N5O3. The Bertz CT molecular complexity index is 984. The molecule has 0 aliphatic carbocycles. The largest absolute Gasteiger partial charge is 0.338 e. The first kappa shape index (κ1) is 16.2. The summed E-state index contributed by atoms with van der Waals surface area (Å²) >= 11 is 0. The Morgan fingerprint density at radius 2 is 2.08 bits per heavy atom. The van der Waals surface area contributed by atoms with Crippen LogP contribution in [0.2, 0.25) is 0 Å². The number of rotatable bonds is 3. The molecule has 8 heteroatoms.